The highest BCUT2D eigenvalue weighted by Gasteiger charge is 2.15. The molecule has 0 saturated heterocycles. The molecular formula is C11H15ClN2. The van der Waals surface area contributed by atoms with Gasteiger partial charge < -0.3 is 10.2 Å². The molecule has 0 fully saturated rings. The molecule has 1 heterocycles. The van der Waals surface area contributed by atoms with Gasteiger partial charge in [-0.25, -0.2) is 0 Å². The fourth-order valence-electron chi connectivity index (χ4n) is 1.88. The molecule has 0 amide bonds. The van der Waals surface area contributed by atoms with E-state index in [0.29, 0.717) is 5.92 Å². The van der Waals surface area contributed by atoms with Crippen molar-refractivity contribution in [3.8, 4) is 0 Å². The van der Waals surface area contributed by atoms with Crippen molar-refractivity contribution in [2.75, 3.05) is 30.4 Å². The lowest BCUT2D eigenvalue weighted by atomic mass is 10.2. The van der Waals surface area contributed by atoms with Crippen LogP contribution in [-0.2, 0) is 0 Å². The fourth-order valence-corrected chi connectivity index (χ4v) is 2.05. The Hall–Kier alpha value is -0.890. The van der Waals surface area contributed by atoms with Crippen LogP contribution in [0.3, 0.4) is 0 Å². The molecule has 0 saturated carbocycles. The minimum absolute atomic E-state index is 0.658. The molecule has 0 spiro atoms. The van der Waals surface area contributed by atoms with E-state index in [-0.39, 0.29) is 0 Å². The van der Waals surface area contributed by atoms with Gasteiger partial charge in [-0.1, -0.05) is 18.5 Å². The Kier molecular flexibility index (Phi) is 2.55. The van der Waals surface area contributed by atoms with Crippen LogP contribution in [0.25, 0.3) is 0 Å². The summed E-state index contributed by atoms with van der Waals surface area (Å²) >= 11 is 5.98. The van der Waals surface area contributed by atoms with E-state index in [9.17, 15) is 0 Å². The number of halogens is 1. The predicted octanol–water partition coefficient (Wildman–Crippen LogP) is 2.84. The maximum Gasteiger partial charge on any atom is 0.0614 e. The lowest BCUT2D eigenvalue weighted by Gasteiger charge is -2.20. The van der Waals surface area contributed by atoms with Crippen molar-refractivity contribution in [2.45, 2.75) is 6.92 Å². The summed E-state index contributed by atoms with van der Waals surface area (Å²) < 4.78 is 0. The van der Waals surface area contributed by atoms with Gasteiger partial charge in [-0.05, 0) is 24.1 Å². The largest absolute Gasteiger partial charge is 0.383 e. The average Bonchev–Trinajstić information content (AvgIpc) is 2.27. The van der Waals surface area contributed by atoms with E-state index in [0.717, 1.165) is 18.1 Å². The van der Waals surface area contributed by atoms with Crippen LogP contribution in [-0.4, -0.2) is 20.1 Å². The third kappa shape index (κ3) is 1.80. The van der Waals surface area contributed by atoms with Crippen LogP contribution in [0, 0.1) is 5.92 Å². The van der Waals surface area contributed by atoms with Gasteiger partial charge in [-0.2, -0.15) is 0 Å². The van der Waals surface area contributed by atoms with Gasteiger partial charge in [0.15, 0.2) is 0 Å². The first-order valence-corrected chi connectivity index (χ1v) is 5.29. The molecule has 2 rings (SSSR count). The topological polar surface area (TPSA) is 15.3 Å². The molecule has 0 radical (unpaired) electrons. The molecule has 0 aliphatic carbocycles. The standard InChI is InChI=1S/C11H15ClN2/c1-8-6-13-10-4-3-9(12)5-11(10)14(2)7-8/h3-5,8,13H,6-7H2,1-2H3. The summed E-state index contributed by atoms with van der Waals surface area (Å²) in [6.45, 7) is 4.34. The van der Waals surface area contributed by atoms with E-state index in [2.05, 4.69) is 24.2 Å². The average molecular weight is 211 g/mol. The number of anilines is 2. The van der Waals surface area contributed by atoms with Crippen LogP contribution in [0.4, 0.5) is 11.4 Å². The second-order valence-corrected chi connectivity index (χ2v) is 4.46. The fraction of sp³-hybridized carbons (Fsp3) is 0.455. The normalized spacial score (nSPS) is 21.1. The Bertz CT molecular complexity index is 338. The molecule has 1 atom stereocenters. The molecule has 1 aromatic carbocycles. The Balaban J connectivity index is 2.39. The van der Waals surface area contributed by atoms with E-state index < -0.39 is 0 Å². The van der Waals surface area contributed by atoms with E-state index in [4.69, 9.17) is 11.6 Å². The van der Waals surface area contributed by atoms with Crippen molar-refractivity contribution < 1.29 is 0 Å². The third-order valence-electron chi connectivity index (χ3n) is 2.60. The molecule has 1 aliphatic heterocycles. The number of nitrogens with one attached hydrogen (secondary N) is 1. The van der Waals surface area contributed by atoms with Crippen molar-refractivity contribution >= 4 is 23.0 Å². The van der Waals surface area contributed by atoms with E-state index in [1.54, 1.807) is 0 Å². The first kappa shape index (κ1) is 9.66. The summed E-state index contributed by atoms with van der Waals surface area (Å²) in [5, 5.41) is 4.23. The van der Waals surface area contributed by atoms with Crippen LogP contribution >= 0.6 is 11.6 Å². The number of hydrogen-bond donors (Lipinski definition) is 1. The van der Waals surface area contributed by atoms with Crippen LogP contribution in [0.15, 0.2) is 18.2 Å². The molecule has 1 aromatic rings. The summed E-state index contributed by atoms with van der Waals surface area (Å²) in [7, 11) is 2.11. The summed E-state index contributed by atoms with van der Waals surface area (Å²) in [4.78, 5) is 2.26. The second-order valence-electron chi connectivity index (χ2n) is 4.03. The van der Waals surface area contributed by atoms with Gasteiger partial charge in [0.2, 0.25) is 0 Å². The van der Waals surface area contributed by atoms with Gasteiger partial charge in [0.25, 0.3) is 0 Å². The minimum Gasteiger partial charge on any atom is -0.383 e. The Morgan fingerprint density at radius 2 is 2.29 bits per heavy atom. The van der Waals surface area contributed by atoms with Gasteiger partial charge in [-0.3, -0.25) is 0 Å². The summed E-state index contributed by atoms with van der Waals surface area (Å²) in [5.74, 6) is 0.658. The van der Waals surface area contributed by atoms with Crippen molar-refractivity contribution in [1.82, 2.24) is 0 Å². The van der Waals surface area contributed by atoms with Gasteiger partial charge in [0.05, 0.1) is 11.4 Å². The molecule has 2 nitrogen and oxygen atoms in total. The van der Waals surface area contributed by atoms with Crippen molar-refractivity contribution in [2.24, 2.45) is 5.92 Å². The maximum atomic E-state index is 5.98. The smallest absolute Gasteiger partial charge is 0.0614 e. The maximum absolute atomic E-state index is 5.98. The first-order chi connectivity index (χ1) is 6.66. The SMILES string of the molecule is CC1CNc2ccc(Cl)cc2N(C)C1. The van der Waals surface area contributed by atoms with Crippen molar-refractivity contribution in [1.29, 1.82) is 0 Å². The highest BCUT2D eigenvalue weighted by Crippen LogP contribution is 2.31. The molecule has 1 aliphatic rings. The van der Waals surface area contributed by atoms with Gasteiger partial charge in [0, 0.05) is 25.2 Å². The molecule has 1 unspecified atom stereocenters. The van der Waals surface area contributed by atoms with Crippen LogP contribution in [0.5, 0.6) is 0 Å². The zero-order valence-electron chi connectivity index (χ0n) is 8.55. The van der Waals surface area contributed by atoms with Crippen LogP contribution < -0.4 is 10.2 Å². The lowest BCUT2D eigenvalue weighted by Crippen LogP contribution is -2.23. The molecule has 1 N–H and O–H groups in total. The number of rotatable bonds is 0. The Morgan fingerprint density at radius 1 is 1.50 bits per heavy atom. The molecule has 3 heteroatoms. The Morgan fingerprint density at radius 3 is 3.07 bits per heavy atom. The highest BCUT2D eigenvalue weighted by molar-refractivity contribution is 6.31. The number of nitrogens with zero attached hydrogens (tertiary/aromatic N) is 1. The third-order valence-corrected chi connectivity index (χ3v) is 2.83. The summed E-state index contributed by atoms with van der Waals surface area (Å²) in [6, 6.07) is 5.99. The van der Waals surface area contributed by atoms with E-state index >= 15 is 0 Å². The van der Waals surface area contributed by atoms with Crippen LogP contribution in [0.2, 0.25) is 5.02 Å². The highest BCUT2D eigenvalue weighted by atomic mass is 35.5. The van der Waals surface area contributed by atoms with Crippen molar-refractivity contribution in [3.05, 3.63) is 23.2 Å². The van der Waals surface area contributed by atoms with Gasteiger partial charge in [-0.15, -0.1) is 0 Å². The summed E-state index contributed by atoms with van der Waals surface area (Å²) in [6.07, 6.45) is 0. The van der Waals surface area contributed by atoms with E-state index in [1.807, 2.05) is 18.2 Å². The molecule has 76 valence electrons. The predicted molar refractivity (Wildman–Crippen MR) is 62.4 cm³/mol. The number of benzene rings is 1. The molecular weight excluding hydrogens is 196 g/mol. The van der Waals surface area contributed by atoms with Crippen molar-refractivity contribution in [3.63, 3.8) is 0 Å². The quantitative estimate of drug-likeness (QED) is 0.709. The van der Waals surface area contributed by atoms with Gasteiger partial charge in [0.1, 0.15) is 0 Å². The van der Waals surface area contributed by atoms with E-state index in [1.165, 1.54) is 11.4 Å². The Labute approximate surface area is 89.9 Å². The molecule has 0 bridgehead atoms. The summed E-state index contributed by atoms with van der Waals surface area (Å²) in [5.41, 5.74) is 2.38. The molecule has 0 aromatic heterocycles. The first-order valence-electron chi connectivity index (χ1n) is 4.91. The number of hydrogen-bond acceptors (Lipinski definition) is 2. The zero-order valence-corrected chi connectivity index (χ0v) is 9.30. The monoisotopic (exact) mass is 210 g/mol. The van der Waals surface area contributed by atoms with Gasteiger partial charge >= 0.3 is 0 Å². The number of fused-ring (bicyclic) bond motifs is 1. The molecule has 14 heavy (non-hydrogen) atoms. The second kappa shape index (κ2) is 3.70. The minimum atomic E-state index is 0.658. The van der Waals surface area contributed by atoms with Crippen LogP contribution in [0.1, 0.15) is 6.92 Å². The zero-order chi connectivity index (χ0) is 10.1. The lowest BCUT2D eigenvalue weighted by molar-refractivity contribution is 0.618.